The van der Waals surface area contributed by atoms with Gasteiger partial charge in [-0.25, -0.2) is 24.3 Å². The number of hydrogen-bond donors (Lipinski definition) is 2. The molecular weight excluding hydrogens is 460 g/mol. The van der Waals surface area contributed by atoms with E-state index in [4.69, 9.17) is 4.74 Å². The number of urea groups is 3. The third-order valence-corrected chi connectivity index (χ3v) is 6.01. The Hall–Kier alpha value is -4.60. The van der Waals surface area contributed by atoms with E-state index >= 15 is 0 Å². The number of nitrogens with one attached hydrogen (secondary N) is 2. The van der Waals surface area contributed by atoms with E-state index in [-0.39, 0.29) is 12.1 Å². The highest BCUT2D eigenvalue weighted by Gasteiger charge is 2.34. The van der Waals surface area contributed by atoms with E-state index in [1.807, 2.05) is 30.3 Å². The van der Waals surface area contributed by atoms with E-state index in [9.17, 15) is 14.4 Å². The largest absolute Gasteiger partial charge is 0.456 e. The van der Waals surface area contributed by atoms with Crippen LogP contribution in [0.4, 0.5) is 31.6 Å². The average molecular weight is 487 g/mol. The number of carbonyl (C=O) groups is 3. The molecule has 184 valence electrons. The zero-order valence-electron chi connectivity index (χ0n) is 19.6. The number of aromatic nitrogens is 1. The van der Waals surface area contributed by atoms with Crippen molar-refractivity contribution in [3.8, 4) is 11.5 Å². The summed E-state index contributed by atoms with van der Waals surface area (Å²) in [6, 6.07) is 18.5. The molecule has 2 fully saturated rings. The molecule has 0 unspecified atom stereocenters. The molecule has 3 aromatic rings. The summed E-state index contributed by atoms with van der Waals surface area (Å²) < 4.78 is 5.86. The SMILES string of the molecule is O=C(Nc1ccc(Oc2cccc(NC(=O)N3CCN(c4ccccc4)C3=O)c2)cn1)N1CCCC1. The predicted molar refractivity (Wildman–Crippen MR) is 135 cm³/mol. The molecule has 2 N–H and O–H groups in total. The second kappa shape index (κ2) is 10.3. The van der Waals surface area contributed by atoms with Gasteiger partial charge < -0.3 is 15.0 Å². The Bertz CT molecular complexity index is 1240. The first-order valence-electron chi connectivity index (χ1n) is 11.8. The van der Waals surface area contributed by atoms with Crippen LogP contribution in [0, 0.1) is 0 Å². The summed E-state index contributed by atoms with van der Waals surface area (Å²) in [6.07, 6.45) is 3.56. The van der Waals surface area contributed by atoms with Gasteiger partial charge in [0.1, 0.15) is 17.3 Å². The molecule has 0 spiro atoms. The second-order valence-electron chi connectivity index (χ2n) is 8.48. The molecule has 0 aliphatic carbocycles. The van der Waals surface area contributed by atoms with E-state index in [0.717, 1.165) is 31.6 Å². The van der Waals surface area contributed by atoms with Gasteiger partial charge in [0.05, 0.1) is 12.7 Å². The van der Waals surface area contributed by atoms with Gasteiger partial charge in [-0.1, -0.05) is 24.3 Å². The van der Waals surface area contributed by atoms with Crippen molar-refractivity contribution in [3.05, 3.63) is 72.9 Å². The Morgan fingerprint density at radius 3 is 2.36 bits per heavy atom. The number of hydrogen-bond acceptors (Lipinski definition) is 5. The predicted octanol–water partition coefficient (Wildman–Crippen LogP) is 4.98. The first kappa shape index (κ1) is 23.2. The Labute approximate surface area is 208 Å². The van der Waals surface area contributed by atoms with E-state index < -0.39 is 6.03 Å². The van der Waals surface area contributed by atoms with Gasteiger partial charge >= 0.3 is 18.1 Å². The minimum absolute atomic E-state index is 0.152. The van der Waals surface area contributed by atoms with Crippen molar-refractivity contribution < 1.29 is 19.1 Å². The van der Waals surface area contributed by atoms with Crippen LogP contribution in [0.2, 0.25) is 0 Å². The molecule has 5 rings (SSSR count). The first-order chi connectivity index (χ1) is 17.6. The lowest BCUT2D eigenvalue weighted by atomic mass is 10.3. The summed E-state index contributed by atoms with van der Waals surface area (Å²) in [5.41, 5.74) is 1.24. The maximum absolute atomic E-state index is 12.8. The van der Waals surface area contributed by atoms with Gasteiger partial charge in [-0.2, -0.15) is 0 Å². The van der Waals surface area contributed by atoms with Gasteiger partial charge in [-0.3, -0.25) is 10.2 Å². The van der Waals surface area contributed by atoms with Crippen LogP contribution in [0.1, 0.15) is 12.8 Å². The molecule has 0 radical (unpaired) electrons. The molecule has 0 saturated carbocycles. The van der Waals surface area contributed by atoms with Gasteiger partial charge in [0, 0.05) is 37.1 Å². The van der Waals surface area contributed by atoms with Gasteiger partial charge in [0.15, 0.2) is 0 Å². The minimum Gasteiger partial charge on any atom is -0.456 e. The lowest BCUT2D eigenvalue weighted by Crippen LogP contribution is -2.39. The molecule has 10 heteroatoms. The number of nitrogens with zero attached hydrogens (tertiary/aromatic N) is 4. The van der Waals surface area contributed by atoms with Crippen molar-refractivity contribution in [1.82, 2.24) is 14.8 Å². The Morgan fingerprint density at radius 1 is 0.806 bits per heavy atom. The van der Waals surface area contributed by atoms with Crippen LogP contribution in [0.5, 0.6) is 11.5 Å². The Balaban J connectivity index is 1.17. The Morgan fingerprint density at radius 2 is 1.61 bits per heavy atom. The number of likely N-dealkylation sites (tertiary alicyclic amines) is 1. The van der Waals surface area contributed by atoms with Crippen molar-refractivity contribution >= 4 is 35.3 Å². The molecule has 36 heavy (non-hydrogen) atoms. The van der Waals surface area contributed by atoms with Crippen LogP contribution < -0.4 is 20.3 Å². The van der Waals surface area contributed by atoms with Gasteiger partial charge in [-0.05, 0) is 49.2 Å². The van der Waals surface area contributed by atoms with E-state index in [0.29, 0.717) is 36.1 Å². The fourth-order valence-electron chi connectivity index (χ4n) is 4.16. The summed E-state index contributed by atoms with van der Waals surface area (Å²) in [5.74, 6) is 1.41. The third kappa shape index (κ3) is 5.22. The van der Waals surface area contributed by atoms with Gasteiger partial charge in [0.25, 0.3) is 0 Å². The monoisotopic (exact) mass is 486 g/mol. The molecule has 0 bridgehead atoms. The third-order valence-electron chi connectivity index (χ3n) is 6.01. The quantitative estimate of drug-likeness (QED) is 0.529. The smallest absolute Gasteiger partial charge is 0.332 e. The van der Waals surface area contributed by atoms with Crippen molar-refractivity contribution in [3.63, 3.8) is 0 Å². The highest BCUT2D eigenvalue weighted by atomic mass is 16.5. The topological polar surface area (TPSA) is 107 Å². The number of carbonyl (C=O) groups excluding carboxylic acids is 3. The number of ether oxygens (including phenoxy) is 1. The normalized spacial score (nSPS) is 15.2. The number of rotatable bonds is 5. The standard InChI is InChI=1S/C26H26N6O4/c33-24(30-13-4-5-14-30)29-23-12-11-22(18-27-23)36-21-10-6-7-19(17-21)28-25(34)32-16-15-31(26(32)35)20-8-2-1-3-9-20/h1-3,6-12,17-18H,4-5,13-16H2,(H,28,34)(H,27,29,33). The van der Waals surface area contributed by atoms with Crippen molar-refractivity contribution in [2.24, 2.45) is 0 Å². The van der Waals surface area contributed by atoms with Crippen LogP contribution in [0.15, 0.2) is 72.9 Å². The summed E-state index contributed by atoms with van der Waals surface area (Å²) in [6.45, 7) is 2.25. The summed E-state index contributed by atoms with van der Waals surface area (Å²) >= 11 is 0. The molecule has 2 aliphatic rings. The molecule has 2 aliphatic heterocycles. The Kier molecular flexibility index (Phi) is 6.65. The second-order valence-corrected chi connectivity index (χ2v) is 8.48. The molecule has 6 amide bonds. The fraction of sp³-hybridized carbons (Fsp3) is 0.231. The fourth-order valence-corrected chi connectivity index (χ4v) is 4.16. The van der Waals surface area contributed by atoms with Crippen LogP contribution >= 0.6 is 0 Å². The lowest BCUT2D eigenvalue weighted by molar-refractivity contribution is 0.209. The highest BCUT2D eigenvalue weighted by Crippen LogP contribution is 2.26. The van der Waals surface area contributed by atoms with Crippen LogP contribution in [-0.2, 0) is 0 Å². The number of imide groups is 1. The van der Waals surface area contributed by atoms with E-state index in [2.05, 4.69) is 15.6 Å². The van der Waals surface area contributed by atoms with Gasteiger partial charge in [0.2, 0.25) is 0 Å². The highest BCUT2D eigenvalue weighted by molar-refractivity contribution is 6.08. The molecule has 10 nitrogen and oxygen atoms in total. The molecular formula is C26H26N6O4. The van der Waals surface area contributed by atoms with E-state index in [1.54, 1.807) is 46.2 Å². The van der Waals surface area contributed by atoms with E-state index in [1.165, 1.54) is 11.1 Å². The number of para-hydroxylation sites is 1. The maximum Gasteiger partial charge on any atom is 0.332 e. The van der Waals surface area contributed by atoms with Crippen molar-refractivity contribution in [1.29, 1.82) is 0 Å². The maximum atomic E-state index is 12.8. The number of anilines is 3. The number of pyridine rings is 1. The first-order valence-corrected chi connectivity index (χ1v) is 11.8. The lowest BCUT2D eigenvalue weighted by Gasteiger charge is -2.18. The molecule has 1 aromatic heterocycles. The van der Waals surface area contributed by atoms with Crippen molar-refractivity contribution in [2.45, 2.75) is 12.8 Å². The average Bonchev–Trinajstić information content (AvgIpc) is 3.56. The van der Waals surface area contributed by atoms with Crippen LogP contribution in [0.3, 0.4) is 0 Å². The number of amides is 6. The molecule has 2 aromatic carbocycles. The summed E-state index contributed by atoms with van der Waals surface area (Å²) in [7, 11) is 0. The summed E-state index contributed by atoms with van der Waals surface area (Å²) in [5, 5.41) is 5.55. The van der Waals surface area contributed by atoms with Gasteiger partial charge in [-0.15, -0.1) is 0 Å². The summed E-state index contributed by atoms with van der Waals surface area (Å²) in [4.78, 5) is 46.5. The molecule has 0 atom stereocenters. The van der Waals surface area contributed by atoms with Crippen LogP contribution in [-0.4, -0.2) is 59.1 Å². The zero-order valence-corrected chi connectivity index (χ0v) is 19.6. The molecule has 3 heterocycles. The van der Waals surface area contributed by atoms with Crippen molar-refractivity contribution in [2.75, 3.05) is 41.7 Å². The van der Waals surface area contributed by atoms with Crippen LogP contribution in [0.25, 0.3) is 0 Å². The number of benzene rings is 2. The minimum atomic E-state index is -0.504. The molecule has 2 saturated heterocycles. The zero-order chi connectivity index (χ0) is 24.9.